The molecule has 34 heavy (non-hydrogen) atoms. The molecular weight excluding hydrogens is 524 g/mol. The zero-order chi connectivity index (χ0) is 24.2. The van der Waals surface area contributed by atoms with Crippen molar-refractivity contribution in [1.82, 2.24) is 4.90 Å². The molecule has 0 bridgehead atoms. The quantitative estimate of drug-likeness (QED) is 0.128. The van der Waals surface area contributed by atoms with Gasteiger partial charge in [-0.05, 0) is 53.7 Å². The summed E-state index contributed by atoms with van der Waals surface area (Å²) in [5, 5.41) is 10.4. The van der Waals surface area contributed by atoms with E-state index in [9.17, 15) is 24.5 Å². The molecule has 3 aromatic rings. The van der Waals surface area contributed by atoms with Crippen molar-refractivity contribution in [3.8, 4) is 5.75 Å². The summed E-state index contributed by atoms with van der Waals surface area (Å²) in [5.41, 5.74) is 1.32. The van der Waals surface area contributed by atoms with E-state index in [1.807, 2.05) is 0 Å². The summed E-state index contributed by atoms with van der Waals surface area (Å²) in [6.07, 6.45) is 1.50. The Hall–Kier alpha value is -3.76. The van der Waals surface area contributed by atoms with Gasteiger partial charge in [0, 0.05) is 22.2 Å². The Bertz CT molecular complexity index is 1330. The predicted octanol–water partition coefficient (Wildman–Crippen LogP) is 5.81. The number of amides is 2. The minimum Gasteiger partial charge on any atom is -0.422 e. The number of nitrogens with zero attached hydrogens (tertiary/aromatic N) is 2. The van der Waals surface area contributed by atoms with Crippen LogP contribution in [0.25, 0.3) is 6.08 Å². The van der Waals surface area contributed by atoms with Gasteiger partial charge >= 0.3 is 5.97 Å². The van der Waals surface area contributed by atoms with Gasteiger partial charge in [0.25, 0.3) is 16.8 Å². The van der Waals surface area contributed by atoms with Gasteiger partial charge < -0.3 is 4.74 Å². The number of nitro benzene ring substituents is 1. The SMILES string of the molecule is O=C(Oc1ccc(Br)cc1/C=C1\SC(=O)N(Cc2ccc([N+](=O)[O-])cc2)C1=O)c1ccccc1. The summed E-state index contributed by atoms with van der Waals surface area (Å²) < 4.78 is 6.23. The molecule has 4 rings (SSSR count). The summed E-state index contributed by atoms with van der Waals surface area (Å²) in [4.78, 5) is 49.5. The lowest BCUT2D eigenvalue weighted by molar-refractivity contribution is -0.384. The Balaban J connectivity index is 1.56. The predicted molar refractivity (Wildman–Crippen MR) is 130 cm³/mol. The van der Waals surface area contributed by atoms with Crippen molar-refractivity contribution in [2.24, 2.45) is 0 Å². The fourth-order valence-corrected chi connectivity index (χ4v) is 4.35. The third-order valence-corrected chi connectivity index (χ3v) is 6.23. The fraction of sp³-hybridized carbons (Fsp3) is 0.0417. The molecule has 1 saturated heterocycles. The van der Waals surface area contributed by atoms with E-state index in [1.54, 1.807) is 48.5 Å². The van der Waals surface area contributed by atoms with E-state index in [2.05, 4.69) is 15.9 Å². The van der Waals surface area contributed by atoms with Gasteiger partial charge in [-0.2, -0.15) is 0 Å². The lowest BCUT2D eigenvalue weighted by atomic mass is 10.1. The molecule has 0 spiro atoms. The van der Waals surface area contributed by atoms with E-state index in [-0.39, 0.29) is 22.9 Å². The molecule has 0 aliphatic carbocycles. The first-order valence-electron chi connectivity index (χ1n) is 9.87. The smallest absolute Gasteiger partial charge is 0.343 e. The molecular formula is C24H15BrN2O6S. The van der Waals surface area contributed by atoms with E-state index < -0.39 is 22.0 Å². The molecule has 0 N–H and O–H groups in total. The highest BCUT2D eigenvalue weighted by Crippen LogP contribution is 2.36. The lowest BCUT2D eigenvalue weighted by Gasteiger charge is -2.12. The Kier molecular flexibility index (Phi) is 6.90. The number of imide groups is 1. The molecule has 0 atom stereocenters. The highest BCUT2D eigenvalue weighted by atomic mass is 79.9. The van der Waals surface area contributed by atoms with Gasteiger partial charge in [-0.1, -0.05) is 46.3 Å². The van der Waals surface area contributed by atoms with E-state index in [1.165, 1.54) is 30.3 Å². The number of carbonyl (C=O) groups excluding carboxylic acids is 3. The van der Waals surface area contributed by atoms with Crippen LogP contribution in [-0.2, 0) is 11.3 Å². The topological polar surface area (TPSA) is 107 Å². The van der Waals surface area contributed by atoms with Crippen molar-refractivity contribution in [2.45, 2.75) is 6.54 Å². The number of ether oxygens (including phenoxy) is 1. The van der Waals surface area contributed by atoms with E-state index in [0.29, 0.717) is 21.2 Å². The second-order valence-electron chi connectivity index (χ2n) is 7.13. The van der Waals surface area contributed by atoms with Crippen molar-refractivity contribution in [3.63, 3.8) is 0 Å². The third kappa shape index (κ3) is 5.24. The molecule has 1 heterocycles. The van der Waals surface area contributed by atoms with Crippen LogP contribution in [-0.4, -0.2) is 26.9 Å². The second kappa shape index (κ2) is 10.0. The standard InChI is InChI=1S/C24H15BrN2O6S/c25-18-8-11-20(33-23(29)16-4-2-1-3-5-16)17(12-18)13-21-22(28)26(24(30)34-21)14-15-6-9-19(10-7-15)27(31)32/h1-13H,14H2/b21-13-. The highest BCUT2D eigenvalue weighted by Gasteiger charge is 2.35. The van der Waals surface area contributed by atoms with Crippen LogP contribution in [0.5, 0.6) is 5.75 Å². The molecule has 3 aromatic carbocycles. The number of non-ortho nitro benzene ring substituents is 1. The van der Waals surface area contributed by atoms with Gasteiger partial charge in [0.2, 0.25) is 0 Å². The largest absolute Gasteiger partial charge is 0.422 e. The van der Waals surface area contributed by atoms with Crippen LogP contribution in [0.15, 0.2) is 82.2 Å². The summed E-state index contributed by atoms with van der Waals surface area (Å²) in [6.45, 7) is -0.0195. The van der Waals surface area contributed by atoms with Crippen molar-refractivity contribution in [1.29, 1.82) is 0 Å². The van der Waals surface area contributed by atoms with Gasteiger partial charge in [-0.3, -0.25) is 24.6 Å². The number of benzene rings is 3. The Morgan fingerprint density at radius 2 is 1.76 bits per heavy atom. The summed E-state index contributed by atoms with van der Waals surface area (Å²) in [6, 6.07) is 19.1. The van der Waals surface area contributed by atoms with Gasteiger partial charge in [0.1, 0.15) is 5.75 Å². The van der Waals surface area contributed by atoms with Crippen LogP contribution in [0, 0.1) is 10.1 Å². The first-order chi connectivity index (χ1) is 16.3. The molecule has 170 valence electrons. The molecule has 2 amide bonds. The maximum atomic E-state index is 12.9. The number of rotatable bonds is 6. The first kappa shape index (κ1) is 23.4. The average molecular weight is 539 g/mol. The molecule has 0 radical (unpaired) electrons. The number of esters is 1. The van der Waals surface area contributed by atoms with Crippen LogP contribution in [0.4, 0.5) is 10.5 Å². The minimum atomic E-state index is -0.552. The Labute approximate surface area is 206 Å². The first-order valence-corrected chi connectivity index (χ1v) is 11.5. The number of nitro groups is 1. The summed E-state index contributed by atoms with van der Waals surface area (Å²) >= 11 is 4.14. The number of thioether (sulfide) groups is 1. The summed E-state index contributed by atoms with van der Waals surface area (Å²) in [5.74, 6) is -0.822. The number of hydrogen-bond acceptors (Lipinski definition) is 7. The van der Waals surface area contributed by atoms with Gasteiger partial charge in [0.15, 0.2) is 0 Å². The summed E-state index contributed by atoms with van der Waals surface area (Å²) in [7, 11) is 0. The van der Waals surface area contributed by atoms with Gasteiger partial charge in [-0.15, -0.1) is 0 Å². The van der Waals surface area contributed by atoms with Crippen LogP contribution < -0.4 is 4.74 Å². The fourth-order valence-electron chi connectivity index (χ4n) is 3.14. The number of halogens is 1. The molecule has 1 aliphatic rings. The van der Waals surface area contributed by atoms with E-state index in [0.717, 1.165) is 16.7 Å². The van der Waals surface area contributed by atoms with E-state index in [4.69, 9.17) is 4.74 Å². The van der Waals surface area contributed by atoms with Crippen molar-refractivity contribution >= 4 is 56.6 Å². The van der Waals surface area contributed by atoms with Crippen LogP contribution >= 0.6 is 27.7 Å². The lowest BCUT2D eigenvalue weighted by Crippen LogP contribution is -2.27. The van der Waals surface area contributed by atoms with Crippen molar-refractivity contribution < 1.29 is 24.0 Å². The molecule has 0 aromatic heterocycles. The molecule has 1 fully saturated rings. The van der Waals surface area contributed by atoms with Gasteiger partial charge in [0.05, 0.1) is 21.9 Å². The van der Waals surface area contributed by atoms with Crippen molar-refractivity contribution in [3.05, 3.63) is 109 Å². The van der Waals surface area contributed by atoms with Crippen LogP contribution in [0.1, 0.15) is 21.5 Å². The monoisotopic (exact) mass is 538 g/mol. The highest BCUT2D eigenvalue weighted by molar-refractivity contribution is 9.10. The average Bonchev–Trinajstić information content (AvgIpc) is 3.09. The normalized spacial score (nSPS) is 14.5. The van der Waals surface area contributed by atoms with E-state index >= 15 is 0 Å². The van der Waals surface area contributed by atoms with Crippen LogP contribution in [0.2, 0.25) is 0 Å². The Morgan fingerprint density at radius 3 is 2.44 bits per heavy atom. The zero-order valence-electron chi connectivity index (χ0n) is 17.3. The molecule has 0 saturated carbocycles. The maximum Gasteiger partial charge on any atom is 0.343 e. The zero-order valence-corrected chi connectivity index (χ0v) is 19.7. The Morgan fingerprint density at radius 1 is 1.06 bits per heavy atom. The van der Waals surface area contributed by atoms with Gasteiger partial charge in [-0.25, -0.2) is 4.79 Å². The number of hydrogen-bond donors (Lipinski definition) is 0. The maximum absolute atomic E-state index is 12.9. The minimum absolute atomic E-state index is 0.0195. The number of carbonyl (C=O) groups is 3. The molecule has 10 heteroatoms. The van der Waals surface area contributed by atoms with Crippen LogP contribution in [0.3, 0.4) is 0 Å². The second-order valence-corrected chi connectivity index (χ2v) is 9.04. The third-order valence-electron chi connectivity index (χ3n) is 4.83. The molecule has 0 unspecified atom stereocenters. The molecule has 1 aliphatic heterocycles. The van der Waals surface area contributed by atoms with Crippen molar-refractivity contribution in [2.75, 3.05) is 0 Å². The molecule has 8 nitrogen and oxygen atoms in total.